The molecule has 0 atom stereocenters. The number of rotatable bonds is 10. The maximum absolute atomic E-state index is 12.4. The van der Waals surface area contributed by atoms with Crippen molar-refractivity contribution < 1.29 is 23.8 Å². The molecule has 0 heterocycles. The molecule has 7 heteroatoms. The molecule has 1 aliphatic rings. The molecule has 0 fully saturated rings. The zero-order chi connectivity index (χ0) is 22.2. The summed E-state index contributed by atoms with van der Waals surface area (Å²) in [5, 5.41) is 2.79. The van der Waals surface area contributed by atoms with Gasteiger partial charge in [0.25, 0.3) is 5.91 Å². The van der Waals surface area contributed by atoms with Gasteiger partial charge in [-0.05, 0) is 68.5 Å². The molecular formula is C24H30N2O5. The molecule has 0 radical (unpaired) electrons. The van der Waals surface area contributed by atoms with Crippen LogP contribution in [0.25, 0.3) is 0 Å². The predicted molar refractivity (Wildman–Crippen MR) is 119 cm³/mol. The van der Waals surface area contributed by atoms with E-state index < -0.39 is 0 Å². The average Bonchev–Trinajstić information content (AvgIpc) is 3.22. The van der Waals surface area contributed by atoms with Crippen molar-refractivity contribution in [1.82, 2.24) is 4.90 Å². The van der Waals surface area contributed by atoms with Crippen LogP contribution in [-0.4, -0.2) is 50.1 Å². The first-order valence-corrected chi connectivity index (χ1v) is 10.7. The first-order valence-electron chi connectivity index (χ1n) is 10.7. The zero-order valence-electron chi connectivity index (χ0n) is 18.4. The number of carbonyl (C=O) groups is 2. The predicted octanol–water partition coefficient (Wildman–Crippen LogP) is 3.45. The van der Waals surface area contributed by atoms with Crippen molar-refractivity contribution in [2.45, 2.75) is 33.1 Å². The fourth-order valence-electron chi connectivity index (χ4n) is 3.53. The molecule has 0 unspecified atom stereocenters. The molecule has 166 valence electrons. The van der Waals surface area contributed by atoms with E-state index in [0.717, 1.165) is 19.3 Å². The molecule has 2 aromatic carbocycles. The summed E-state index contributed by atoms with van der Waals surface area (Å²) in [6.45, 7) is 4.59. The second-order valence-electron chi connectivity index (χ2n) is 7.40. The Morgan fingerprint density at radius 3 is 2.45 bits per heavy atom. The number of likely N-dealkylation sites (N-methyl/N-ethyl adjacent to an activating group) is 1. The molecule has 2 amide bonds. The van der Waals surface area contributed by atoms with Crippen molar-refractivity contribution in [1.29, 1.82) is 0 Å². The van der Waals surface area contributed by atoms with Crippen molar-refractivity contribution in [3.8, 4) is 17.2 Å². The van der Waals surface area contributed by atoms with E-state index in [1.807, 2.05) is 26.0 Å². The van der Waals surface area contributed by atoms with Crippen LogP contribution in [0.2, 0.25) is 0 Å². The van der Waals surface area contributed by atoms with Gasteiger partial charge >= 0.3 is 0 Å². The average molecular weight is 427 g/mol. The third-order valence-corrected chi connectivity index (χ3v) is 5.07. The highest BCUT2D eigenvalue weighted by atomic mass is 16.5. The molecule has 0 saturated carbocycles. The Labute approximate surface area is 183 Å². The van der Waals surface area contributed by atoms with E-state index in [4.69, 9.17) is 14.2 Å². The normalized spacial score (nSPS) is 12.1. The van der Waals surface area contributed by atoms with Gasteiger partial charge in [-0.2, -0.15) is 0 Å². The number of anilines is 1. The lowest BCUT2D eigenvalue weighted by molar-refractivity contribution is -0.135. The Morgan fingerprint density at radius 1 is 0.935 bits per heavy atom. The van der Waals surface area contributed by atoms with Crippen LogP contribution in [0.4, 0.5) is 5.69 Å². The summed E-state index contributed by atoms with van der Waals surface area (Å²) in [7, 11) is 1.58. The van der Waals surface area contributed by atoms with Gasteiger partial charge in [-0.1, -0.05) is 6.07 Å². The molecule has 2 aromatic rings. The second-order valence-corrected chi connectivity index (χ2v) is 7.40. The summed E-state index contributed by atoms with van der Waals surface area (Å²) in [4.78, 5) is 26.1. The minimum atomic E-state index is -0.306. The molecule has 7 nitrogen and oxygen atoms in total. The van der Waals surface area contributed by atoms with Crippen molar-refractivity contribution in [3.63, 3.8) is 0 Å². The summed E-state index contributed by atoms with van der Waals surface area (Å²) in [5.74, 6) is 1.30. The number of fused-ring (bicyclic) bond motifs is 1. The number of carbonyl (C=O) groups excluding carboxylic acids is 2. The maximum atomic E-state index is 12.4. The van der Waals surface area contributed by atoms with Crippen LogP contribution in [0.1, 0.15) is 31.4 Å². The molecule has 0 bridgehead atoms. The number of nitrogens with zero attached hydrogens (tertiary/aromatic N) is 1. The lowest BCUT2D eigenvalue weighted by atomic mass is 10.1. The van der Waals surface area contributed by atoms with E-state index in [2.05, 4.69) is 11.4 Å². The number of hydrogen-bond donors (Lipinski definition) is 1. The Morgan fingerprint density at radius 2 is 1.68 bits per heavy atom. The molecule has 0 aliphatic heterocycles. The Kier molecular flexibility index (Phi) is 7.76. The summed E-state index contributed by atoms with van der Waals surface area (Å²) < 4.78 is 16.7. The van der Waals surface area contributed by atoms with Gasteiger partial charge in [-0.3, -0.25) is 9.59 Å². The number of hydrogen-bond acceptors (Lipinski definition) is 5. The summed E-state index contributed by atoms with van der Waals surface area (Å²) in [6, 6.07) is 11.2. The van der Waals surface area contributed by atoms with Gasteiger partial charge in [0.05, 0.1) is 19.8 Å². The van der Waals surface area contributed by atoms with E-state index in [0.29, 0.717) is 36.1 Å². The molecule has 1 aliphatic carbocycles. The summed E-state index contributed by atoms with van der Waals surface area (Å²) in [6.07, 6.45) is 3.32. The quantitative estimate of drug-likeness (QED) is 0.630. The van der Waals surface area contributed by atoms with Crippen molar-refractivity contribution >= 4 is 17.5 Å². The van der Waals surface area contributed by atoms with Gasteiger partial charge in [-0.25, -0.2) is 0 Å². The van der Waals surface area contributed by atoms with E-state index in [1.54, 1.807) is 25.2 Å². The molecule has 1 N–H and O–H groups in total. The summed E-state index contributed by atoms with van der Waals surface area (Å²) >= 11 is 0. The Balaban J connectivity index is 1.50. The van der Waals surface area contributed by atoms with Gasteiger partial charge in [0.15, 0.2) is 18.1 Å². The van der Waals surface area contributed by atoms with Crippen LogP contribution in [0.3, 0.4) is 0 Å². The van der Waals surface area contributed by atoms with Gasteiger partial charge < -0.3 is 24.4 Å². The van der Waals surface area contributed by atoms with Crippen LogP contribution >= 0.6 is 0 Å². The highest BCUT2D eigenvalue weighted by Crippen LogP contribution is 2.30. The number of amides is 2. The highest BCUT2D eigenvalue weighted by Gasteiger charge is 2.16. The first-order chi connectivity index (χ1) is 15.0. The molecular weight excluding hydrogens is 396 g/mol. The van der Waals surface area contributed by atoms with Crippen LogP contribution in [-0.2, 0) is 22.4 Å². The number of ether oxygens (including phenoxy) is 3. The molecule has 3 rings (SSSR count). The Hall–Kier alpha value is -3.22. The number of benzene rings is 2. The van der Waals surface area contributed by atoms with E-state index in [9.17, 15) is 9.59 Å². The Bertz CT molecular complexity index is 928. The summed E-state index contributed by atoms with van der Waals surface area (Å²) in [5.41, 5.74) is 3.22. The third-order valence-electron chi connectivity index (χ3n) is 5.07. The molecule has 0 spiro atoms. The lowest BCUT2D eigenvalue weighted by Crippen LogP contribution is -2.37. The maximum Gasteiger partial charge on any atom is 0.260 e. The smallest absolute Gasteiger partial charge is 0.260 e. The largest absolute Gasteiger partial charge is 0.490 e. The number of nitrogens with one attached hydrogen (secondary N) is 1. The zero-order valence-corrected chi connectivity index (χ0v) is 18.4. The standard InChI is InChI=1S/C24H30N2O5/c1-4-29-21-12-10-19(14-22(21)30-5-2)25-23(27)15-26(3)24(28)16-31-20-11-9-17-7-6-8-18(17)13-20/h9-14H,4-8,15-16H2,1-3H3,(H,25,27). The minimum absolute atomic E-state index is 0.0798. The van der Waals surface area contributed by atoms with Crippen molar-refractivity contribution in [2.24, 2.45) is 0 Å². The van der Waals surface area contributed by atoms with E-state index in [1.165, 1.54) is 16.0 Å². The second kappa shape index (κ2) is 10.7. The first kappa shape index (κ1) is 22.5. The van der Waals surface area contributed by atoms with E-state index >= 15 is 0 Å². The van der Waals surface area contributed by atoms with Crippen LogP contribution in [0, 0.1) is 0 Å². The lowest BCUT2D eigenvalue weighted by Gasteiger charge is -2.18. The molecule has 31 heavy (non-hydrogen) atoms. The van der Waals surface area contributed by atoms with Gasteiger partial charge in [0.1, 0.15) is 5.75 Å². The van der Waals surface area contributed by atoms with Gasteiger partial charge in [0.2, 0.25) is 5.91 Å². The van der Waals surface area contributed by atoms with E-state index in [-0.39, 0.29) is 25.0 Å². The molecule has 0 saturated heterocycles. The van der Waals surface area contributed by atoms with Crippen molar-refractivity contribution in [3.05, 3.63) is 47.5 Å². The fraction of sp³-hybridized carbons (Fsp3) is 0.417. The van der Waals surface area contributed by atoms with Gasteiger partial charge in [-0.15, -0.1) is 0 Å². The number of aryl methyl sites for hydroxylation is 2. The SMILES string of the molecule is CCOc1ccc(NC(=O)CN(C)C(=O)COc2ccc3c(c2)CCC3)cc1OCC. The van der Waals surface area contributed by atoms with Crippen LogP contribution in [0.15, 0.2) is 36.4 Å². The molecule has 0 aromatic heterocycles. The minimum Gasteiger partial charge on any atom is -0.490 e. The highest BCUT2D eigenvalue weighted by molar-refractivity contribution is 5.94. The van der Waals surface area contributed by atoms with Gasteiger partial charge in [0, 0.05) is 18.8 Å². The van der Waals surface area contributed by atoms with Crippen molar-refractivity contribution in [2.75, 3.05) is 38.7 Å². The third kappa shape index (κ3) is 6.13. The topological polar surface area (TPSA) is 77.1 Å². The van der Waals surface area contributed by atoms with Crippen LogP contribution < -0.4 is 19.5 Å². The van der Waals surface area contributed by atoms with Crippen LogP contribution in [0.5, 0.6) is 17.2 Å². The monoisotopic (exact) mass is 426 g/mol. The fourth-order valence-corrected chi connectivity index (χ4v) is 3.53.